The molecule has 2 aromatic carbocycles. The predicted octanol–water partition coefficient (Wildman–Crippen LogP) is 4.91. The first-order chi connectivity index (χ1) is 12.8. The highest BCUT2D eigenvalue weighted by atomic mass is 35.5. The lowest BCUT2D eigenvalue weighted by Crippen LogP contribution is -2.55. The van der Waals surface area contributed by atoms with E-state index in [1.165, 1.54) is 0 Å². The molecule has 1 fully saturated rings. The minimum atomic E-state index is -1.26. The number of halogens is 1. The monoisotopic (exact) mass is 387 g/mol. The highest BCUT2D eigenvalue weighted by Gasteiger charge is 2.41. The number of likely N-dealkylation sites (tertiary alicyclic amines) is 1. The number of hydrogen-bond acceptors (Lipinski definition) is 3. The van der Waals surface area contributed by atoms with Gasteiger partial charge < -0.3 is 10.2 Å². The molecule has 4 heteroatoms. The normalized spacial score (nSPS) is 20.8. The smallest absolute Gasteiger partial charge is 0.136 e. The molecule has 0 amide bonds. The molecule has 1 aliphatic heterocycles. The fourth-order valence-electron chi connectivity index (χ4n) is 3.95. The van der Waals surface area contributed by atoms with Crippen LogP contribution >= 0.6 is 11.6 Å². The van der Waals surface area contributed by atoms with Crippen molar-refractivity contribution in [1.82, 2.24) is 4.90 Å². The highest BCUT2D eigenvalue weighted by Crippen LogP contribution is 2.38. The summed E-state index contributed by atoms with van der Waals surface area (Å²) in [6.07, 6.45) is 1.23. The van der Waals surface area contributed by atoms with E-state index in [9.17, 15) is 10.2 Å². The third-order valence-corrected chi connectivity index (χ3v) is 6.40. The third kappa shape index (κ3) is 4.38. The molecule has 2 aromatic rings. The van der Waals surface area contributed by atoms with E-state index in [4.69, 9.17) is 11.6 Å². The molecule has 27 heavy (non-hydrogen) atoms. The molecule has 1 heterocycles. The Labute approximate surface area is 167 Å². The van der Waals surface area contributed by atoms with Crippen molar-refractivity contribution in [2.24, 2.45) is 5.92 Å². The molecular formula is C23H30ClNO2. The van der Waals surface area contributed by atoms with Gasteiger partial charge in [-0.05, 0) is 54.5 Å². The minimum absolute atomic E-state index is 0.237. The number of benzene rings is 2. The van der Waals surface area contributed by atoms with Gasteiger partial charge in [0.1, 0.15) is 11.8 Å². The number of aliphatic hydroxyl groups is 2. The molecule has 2 N–H and O–H groups in total. The maximum absolute atomic E-state index is 11.3. The molecule has 146 valence electrons. The summed E-state index contributed by atoms with van der Waals surface area (Å²) in [6, 6.07) is 15.8. The largest absolute Gasteiger partial charge is 0.385 e. The van der Waals surface area contributed by atoms with Crippen molar-refractivity contribution >= 4 is 11.6 Å². The zero-order valence-corrected chi connectivity index (χ0v) is 17.2. The quantitative estimate of drug-likeness (QED) is 0.765. The van der Waals surface area contributed by atoms with E-state index in [2.05, 4.69) is 13.0 Å². The van der Waals surface area contributed by atoms with Crippen molar-refractivity contribution < 1.29 is 10.2 Å². The second kappa shape index (κ2) is 8.32. The van der Waals surface area contributed by atoms with E-state index in [1.807, 2.05) is 54.3 Å². The summed E-state index contributed by atoms with van der Waals surface area (Å²) in [6.45, 7) is 7.63. The molecule has 3 rings (SSSR count). The summed E-state index contributed by atoms with van der Waals surface area (Å²) in [7, 11) is 0. The van der Waals surface area contributed by atoms with Gasteiger partial charge in [0.2, 0.25) is 0 Å². The second-order valence-corrected chi connectivity index (χ2v) is 8.57. The summed E-state index contributed by atoms with van der Waals surface area (Å²) >= 11 is 6.03. The van der Waals surface area contributed by atoms with Crippen LogP contribution in [0, 0.1) is 5.92 Å². The van der Waals surface area contributed by atoms with Crippen LogP contribution < -0.4 is 0 Å². The highest BCUT2D eigenvalue weighted by molar-refractivity contribution is 6.30. The van der Waals surface area contributed by atoms with Gasteiger partial charge in [-0.3, -0.25) is 4.90 Å². The second-order valence-electron chi connectivity index (χ2n) is 8.13. The molecule has 3 unspecified atom stereocenters. The Bertz CT molecular complexity index is 751. The lowest BCUT2D eigenvalue weighted by Gasteiger charge is -2.43. The zero-order chi connectivity index (χ0) is 19.6. The maximum Gasteiger partial charge on any atom is 0.136 e. The Morgan fingerprint density at radius 2 is 1.67 bits per heavy atom. The average molecular weight is 388 g/mol. The Kier molecular flexibility index (Phi) is 6.27. The number of nitrogens with zero attached hydrogens (tertiary/aromatic N) is 1. The Balaban J connectivity index is 1.88. The van der Waals surface area contributed by atoms with Crippen LogP contribution in [0.2, 0.25) is 5.02 Å². The van der Waals surface area contributed by atoms with Crippen molar-refractivity contribution in [2.75, 3.05) is 13.1 Å². The lowest BCUT2D eigenvalue weighted by molar-refractivity contribution is -0.156. The number of aliphatic hydroxyl groups excluding tert-OH is 1. The Hall–Kier alpha value is -1.39. The molecule has 0 saturated carbocycles. The first-order valence-corrected chi connectivity index (χ1v) is 10.2. The third-order valence-electron chi connectivity index (χ3n) is 6.15. The molecule has 1 saturated heterocycles. The van der Waals surface area contributed by atoms with Crippen molar-refractivity contribution in [3.05, 3.63) is 59.1 Å². The number of hydrogen-bond donors (Lipinski definition) is 2. The molecule has 0 aromatic heterocycles. The van der Waals surface area contributed by atoms with Crippen molar-refractivity contribution in [1.29, 1.82) is 0 Å². The van der Waals surface area contributed by atoms with Gasteiger partial charge in [0.05, 0.1) is 0 Å². The van der Waals surface area contributed by atoms with Crippen molar-refractivity contribution in [3.8, 4) is 11.1 Å². The van der Waals surface area contributed by atoms with Crippen LogP contribution in [-0.2, 0) is 0 Å². The Morgan fingerprint density at radius 3 is 2.30 bits per heavy atom. The molecule has 0 aliphatic carbocycles. The van der Waals surface area contributed by atoms with E-state index in [0.29, 0.717) is 10.9 Å². The van der Waals surface area contributed by atoms with Crippen LogP contribution in [0.4, 0.5) is 0 Å². The first kappa shape index (κ1) is 20.3. The van der Waals surface area contributed by atoms with Crippen LogP contribution in [0.1, 0.15) is 45.1 Å². The van der Waals surface area contributed by atoms with Crippen LogP contribution in [0.25, 0.3) is 11.1 Å². The summed E-state index contributed by atoms with van der Waals surface area (Å²) in [5.74, 6) is 0.445. The van der Waals surface area contributed by atoms with Crippen LogP contribution in [0.5, 0.6) is 0 Å². The zero-order valence-electron chi connectivity index (χ0n) is 16.4. The number of piperidine rings is 1. The van der Waals surface area contributed by atoms with E-state index in [0.717, 1.165) is 42.6 Å². The first-order valence-electron chi connectivity index (χ1n) is 9.80. The van der Waals surface area contributed by atoms with Gasteiger partial charge in [0.25, 0.3) is 0 Å². The van der Waals surface area contributed by atoms with Gasteiger partial charge >= 0.3 is 0 Å². The van der Waals surface area contributed by atoms with E-state index in [-0.39, 0.29) is 5.92 Å². The van der Waals surface area contributed by atoms with Gasteiger partial charge in [0, 0.05) is 24.0 Å². The fourth-order valence-corrected chi connectivity index (χ4v) is 4.07. The van der Waals surface area contributed by atoms with Gasteiger partial charge in [-0.1, -0.05) is 61.8 Å². The number of rotatable bonds is 5. The summed E-state index contributed by atoms with van der Waals surface area (Å²) in [5.41, 5.74) is 1.87. The molecule has 0 radical (unpaired) electrons. The lowest BCUT2D eigenvalue weighted by atomic mass is 9.79. The molecule has 3 atom stereocenters. The van der Waals surface area contributed by atoms with Crippen LogP contribution in [0.3, 0.4) is 0 Å². The average Bonchev–Trinajstić information content (AvgIpc) is 2.68. The van der Waals surface area contributed by atoms with Gasteiger partial charge in [-0.2, -0.15) is 0 Å². The Morgan fingerprint density at radius 1 is 1.07 bits per heavy atom. The molecule has 1 aliphatic rings. The van der Waals surface area contributed by atoms with Crippen molar-refractivity contribution in [2.45, 2.75) is 51.4 Å². The van der Waals surface area contributed by atoms with Gasteiger partial charge in [0.15, 0.2) is 0 Å². The summed E-state index contributed by atoms with van der Waals surface area (Å²) in [4.78, 5) is 2.02. The fraction of sp³-hybridized carbons (Fsp3) is 0.478. The maximum atomic E-state index is 11.3. The van der Waals surface area contributed by atoms with Crippen molar-refractivity contribution in [3.63, 3.8) is 0 Å². The van der Waals surface area contributed by atoms with Crippen LogP contribution in [0.15, 0.2) is 48.5 Å². The van der Waals surface area contributed by atoms with E-state index in [1.54, 1.807) is 6.92 Å². The molecule has 0 bridgehead atoms. The summed E-state index contributed by atoms with van der Waals surface area (Å²) in [5, 5.41) is 23.0. The molecule has 3 nitrogen and oxygen atoms in total. The van der Waals surface area contributed by atoms with Gasteiger partial charge in [-0.15, -0.1) is 0 Å². The minimum Gasteiger partial charge on any atom is -0.385 e. The summed E-state index contributed by atoms with van der Waals surface area (Å²) < 4.78 is 0. The molecular weight excluding hydrogens is 358 g/mol. The van der Waals surface area contributed by atoms with Gasteiger partial charge in [-0.25, -0.2) is 0 Å². The van der Waals surface area contributed by atoms with E-state index >= 15 is 0 Å². The van der Waals surface area contributed by atoms with Crippen LogP contribution in [-0.4, -0.2) is 40.0 Å². The molecule has 0 spiro atoms. The standard InChI is InChI=1S/C23H30ClNO2/c1-16-12-14-25(15-13-16)22(26)23(3,27)17(2)20-6-4-5-7-21(20)18-8-10-19(24)11-9-18/h4-11,16-17,22,26-27H,12-15H2,1-3H3. The predicted molar refractivity (Wildman–Crippen MR) is 112 cm³/mol. The SMILES string of the molecule is CC1CCN(C(O)C(C)(O)C(C)c2ccccc2-c2ccc(Cl)cc2)CC1. The van der Waals surface area contributed by atoms with E-state index < -0.39 is 11.8 Å². The topological polar surface area (TPSA) is 43.7 Å².